The second-order valence-electron chi connectivity index (χ2n) is 6.97. The van der Waals surface area contributed by atoms with Crippen LogP contribution < -0.4 is 5.84 Å². The van der Waals surface area contributed by atoms with Gasteiger partial charge in [-0.3, -0.25) is 4.79 Å². The molecule has 0 unspecified atom stereocenters. The first-order valence-corrected chi connectivity index (χ1v) is 10.7. The summed E-state index contributed by atoms with van der Waals surface area (Å²) in [7, 11) is 0. The molecule has 30 heavy (non-hydrogen) atoms. The van der Waals surface area contributed by atoms with Gasteiger partial charge in [0.1, 0.15) is 5.82 Å². The molecule has 152 valence electrons. The first kappa shape index (κ1) is 20.1. The van der Waals surface area contributed by atoms with Crippen LogP contribution in [0.15, 0.2) is 71.9 Å². The monoisotopic (exact) mass is 420 g/mol. The Hall–Kier alpha value is -3.19. The van der Waals surface area contributed by atoms with E-state index in [1.54, 1.807) is 0 Å². The third-order valence-corrected chi connectivity index (χ3v) is 5.94. The molecule has 7 heteroatoms. The lowest BCUT2D eigenvalue weighted by molar-refractivity contribution is 0.0982. The van der Waals surface area contributed by atoms with Crippen molar-refractivity contribution in [3.8, 4) is 0 Å². The summed E-state index contributed by atoms with van der Waals surface area (Å²) in [6.45, 7) is 0. The fourth-order valence-corrected chi connectivity index (χ4v) is 4.13. The van der Waals surface area contributed by atoms with Crippen LogP contribution in [-0.2, 0) is 6.42 Å². The Balaban J connectivity index is 1.34. The molecule has 2 N–H and O–H groups in total. The van der Waals surface area contributed by atoms with Gasteiger partial charge < -0.3 is 5.84 Å². The molecular weight excluding hydrogens is 399 g/mol. The summed E-state index contributed by atoms with van der Waals surface area (Å²) in [5, 5.41) is 11.4. The molecular formula is C23H21FN4OS. The minimum Gasteiger partial charge on any atom is -0.336 e. The number of halogens is 1. The average molecular weight is 421 g/mol. The molecule has 4 aromatic rings. The minimum absolute atomic E-state index is 0.00135. The molecule has 0 aliphatic rings. The summed E-state index contributed by atoms with van der Waals surface area (Å²) in [6.07, 6.45) is 1.65. The van der Waals surface area contributed by atoms with Gasteiger partial charge in [0, 0.05) is 24.2 Å². The van der Waals surface area contributed by atoms with Crippen LogP contribution in [0.3, 0.4) is 0 Å². The number of hydrogen-bond acceptors (Lipinski definition) is 5. The van der Waals surface area contributed by atoms with E-state index in [1.807, 2.05) is 18.2 Å². The Morgan fingerprint density at radius 2 is 1.77 bits per heavy atom. The van der Waals surface area contributed by atoms with Gasteiger partial charge in [0.2, 0.25) is 5.16 Å². The highest BCUT2D eigenvalue weighted by molar-refractivity contribution is 7.99. The fraction of sp³-hybridized carbons (Fsp3) is 0.174. The standard InChI is InChI=1S/C23H21FN4OS/c24-19-12-10-17(11-13-19)21(29)9-4-14-30-23-27-26-22(28(23)25)15-18-7-3-6-16-5-1-2-8-20(16)18/h1-3,5-8,10-13H,4,9,14-15,25H2. The van der Waals surface area contributed by atoms with Crippen molar-refractivity contribution in [3.05, 3.63) is 89.5 Å². The highest BCUT2D eigenvalue weighted by Crippen LogP contribution is 2.22. The molecule has 0 radical (unpaired) electrons. The molecule has 0 bridgehead atoms. The van der Waals surface area contributed by atoms with Crippen LogP contribution in [-0.4, -0.2) is 26.4 Å². The molecule has 0 spiro atoms. The minimum atomic E-state index is -0.344. The molecule has 0 amide bonds. The molecule has 0 saturated heterocycles. The van der Waals surface area contributed by atoms with Crippen molar-refractivity contribution in [2.24, 2.45) is 0 Å². The zero-order valence-electron chi connectivity index (χ0n) is 16.3. The Morgan fingerprint density at radius 1 is 1.00 bits per heavy atom. The predicted octanol–water partition coefficient (Wildman–Crippen LogP) is 4.63. The molecule has 3 aromatic carbocycles. The topological polar surface area (TPSA) is 73.8 Å². The van der Waals surface area contributed by atoms with Gasteiger partial charge in [0.15, 0.2) is 11.6 Å². The number of Topliss-reactive ketones (excluding diaryl/α,β-unsaturated/α-hetero) is 1. The second-order valence-corrected chi connectivity index (χ2v) is 8.03. The number of benzene rings is 3. The summed E-state index contributed by atoms with van der Waals surface area (Å²) < 4.78 is 14.5. The van der Waals surface area contributed by atoms with E-state index in [2.05, 4.69) is 34.5 Å². The van der Waals surface area contributed by atoms with E-state index >= 15 is 0 Å². The summed E-state index contributed by atoms with van der Waals surface area (Å²) in [5.41, 5.74) is 1.68. The highest BCUT2D eigenvalue weighted by Gasteiger charge is 2.13. The number of nitrogens with two attached hydrogens (primary N) is 1. The number of carbonyl (C=O) groups excluding carboxylic acids is 1. The van der Waals surface area contributed by atoms with E-state index in [1.165, 1.54) is 51.5 Å². The molecule has 1 heterocycles. The van der Waals surface area contributed by atoms with Gasteiger partial charge in [-0.1, -0.05) is 54.2 Å². The summed E-state index contributed by atoms with van der Waals surface area (Å²) in [6, 6.07) is 20.0. The van der Waals surface area contributed by atoms with Gasteiger partial charge in [-0.2, -0.15) is 0 Å². The van der Waals surface area contributed by atoms with E-state index in [4.69, 9.17) is 5.84 Å². The molecule has 0 saturated carbocycles. The SMILES string of the molecule is Nn1c(Cc2cccc3ccccc23)nnc1SCCCC(=O)c1ccc(F)cc1. The molecule has 0 fully saturated rings. The number of nitrogen functional groups attached to an aromatic ring is 1. The summed E-state index contributed by atoms with van der Waals surface area (Å²) >= 11 is 1.47. The number of fused-ring (bicyclic) bond motifs is 1. The Kier molecular flexibility index (Phi) is 6.09. The van der Waals surface area contributed by atoms with Crippen LogP contribution in [0.5, 0.6) is 0 Å². The summed E-state index contributed by atoms with van der Waals surface area (Å²) in [4.78, 5) is 12.2. The van der Waals surface area contributed by atoms with Crippen molar-refractivity contribution >= 4 is 28.3 Å². The lowest BCUT2D eigenvalue weighted by Gasteiger charge is -2.07. The number of ketones is 1. The highest BCUT2D eigenvalue weighted by atomic mass is 32.2. The smallest absolute Gasteiger partial charge is 0.209 e. The maximum absolute atomic E-state index is 13.0. The zero-order chi connectivity index (χ0) is 20.9. The van der Waals surface area contributed by atoms with Crippen LogP contribution in [0.25, 0.3) is 10.8 Å². The van der Waals surface area contributed by atoms with Gasteiger partial charge >= 0.3 is 0 Å². The zero-order valence-corrected chi connectivity index (χ0v) is 17.1. The fourth-order valence-electron chi connectivity index (χ4n) is 3.32. The maximum atomic E-state index is 13.0. The Labute approximate surface area is 178 Å². The Bertz CT molecular complexity index is 1170. The molecule has 0 atom stereocenters. The summed E-state index contributed by atoms with van der Waals surface area (Å²) in [5.74, 6) is 7.25. The van der Waals surface area contributed by atoms with Crippen molar-refractivity contribution in [2.75, 3.05) is 11.6 Å². The van der Waals surface area contributed by atoms with Crippen molar-refractivity contribution in [3.63, 3.8) is 0 Å². The van der Waals surface area contributed by atoms with Crippen LogP contribution in [0, 0.1) is 5.82 Å². The largest absolute Gasteiger partial charge is 0.336 e. The lowest BCUT2D eigenvalue weighted by atomic mass is 10.0. The van der Waals surface area contributed by atoms with Gasteiger partial charge in [-0.25, -0.2) is 9.07 Å². The Morgan fingerprint density at radius 3 is 2.60 bits per heavy atom. The third-order valence-electron chi connectivity index (χ3n) is 4.91. The van der Waals surface area contributed by atoms with Crippen molar-refractivity contribution in [1.29, 1.82) is 0 Å². The van der Waals surface area contributed by atoms with E-state index in [0.29, 0.717) is 41.6 Å². The van der Waals surface area contributed by atoms with Crippen LogP contribution in [0.2, 0.25) is 0 Å². The first-order chi connectivity index (χ1) is 14.6. The number of aromatic nitrogens is 3. The van der Waals surface area contributed by atoms with Gasteiger partial charge in [-0.15, -0.1) is 10.2 Å². The molecule has 5 nitrogen and oxygen atoms in total. The van der Waals surface area contributed by atoms with E-state index < -0.39 is 0 Å². The van der Waals surface area contributed by atoms with Crippen molar-refractivity contribution < 1.29 is 9.18 Å². The molecule has 0 aliphatic carbocycles. The van der Waals surface area contributed by atoms with Crippen molar-refractivity contribution in [1.82, 2.24) is 14.9 Å². The van der Waals surface area contributed by atoms with Gasteiger partial charge in [0.05, 0.1) is 0 Å². The molecule has 1 aromatic heterocycles. The number of nitrogens with zero attached hydrogens (tertiary/aromatic N) is 3. The van der Waals surface area contributed by atoms with E-state index in [0.717, 1.165) is 5.56 Å². The first-order valence-electron chi connectivity index (χ1n) is 9.69. The van der Waals surface area contributed by atoms with Crippen LogP contribution >= 0.6 is 11.8 Å². The number of hydrogen-bond donors (Lipinski definition) is 1. The average Bonchev–Trinajstić information content (AvgIpc) is 3.11. The quantitative estimate of drug-likeness (QED) is 0.195. The van der Waals surface area contributed by atoms with Gasteiger partial charge in [0.25, 0.3) is 0 Å². The number of rotatable bonds is 8. The second kappa shape index (κ2) is 9.09. The van der Waals surface area contributed by atoms with Gasteiger partial charge in [-0.05, 0) is 47.0 Å². The van der Waals surface area contributed by atoms with Crippen molar-refractivity contribution in [2.45, 2.75) is 24.4 Å². The maximum Gasteiger partial charge on any atom is 0.209 e. The van der Waals surface area contributed by atoms with E-state index in [9.17, 15) is 9.18 Å². The number of thioether (sulfide) groups is 1. The van der Waals surface area contributed by atoms with Crippen LogP contribution in [0.1, 0.15) is 34.6 Å². The van der Waals surface area contributed by atoms with E-state index in [-0.39, 0.29) is 11.6 Å². The predicted molar refractivity (Wildman–Crippen MR) is 118 cm³/mol. The third kappa shape index (κ3) is 4.52. The lowest BCUT2D eigenvalue weighted by Crippen LogP contribution is -2.14. The normalized spacial score (nSPS) is 11.1. The molecule has 0 aliphatic heterocycles. The number of carbonyl (C=O) groups is 1. The molecule has 4 rings (SSSR count). The van der Waals surface area contributed by atoms with Crippen LogP contribution in [0.4, 0.5) is 4.39 Å².